The highest BCUT2D eigenvalue weighted by molar-refractivity contribution is 9.10. The number of benzene rings is 3. The third-order valence-corrected chi connectivity index (χ3v) is 4.75. The Morgan fingerprint density at radius 3 is 2.31 bits per heavy atom. The second kappa shape index (κ2) is 10.1. The Morgan fingerprint density at radius 1 is 0.862 bits per heavy atom. The van der Waals surface area contributed by atoms with Crippen molar-refractivity contribution in [3.05, 3.63) is 88.4 Å². The molecule has 0 bridgehead atoms. The molecule has 0 heterocycles. The number of rotatable bonds is 8. The summed E-state index contributed by atoms with van der Waals surface area (Å²) in [5.74, 6) is 1.57. The standard InChI is InChI=1S/C24H23BrO4/c1-17(2)21-16-18(25)12-13-23(21)29-24(26)20-10-6-7-11-22(20)28-15-14-27-19-8-4-3-5-9-19/h3-13,16-17H,14-15H2,1-2H3. The van der Waals surface area contributed by atoms with Crippen LogP contribution < -0.4 is 14.2 Å². The molecule has 29 heavy (non-hydrogen) atoms. The second-order valence-corrected chi connectivity index (χ2v) is 7.65. The fourth-order valence-corrected chi connectivity index (χ4v) is 3.19. The average molecular weight is 455 g/mol. The molecule has 3 rings (SSSR count). The fourth-order valence-electron chi connectivity index (χ4n) is 2.81. The van der Waals surface area contributed by atoms with Gasteiger partial charge in [0, 0.05) is 4.47 Å². The van der Waals surface area contributed by atoms with E-state index in [9.17, 15) is 4.79 Å². The van der Waals surface area contributed by atoms with Crippen LogP contribution in [0, 0.1) is 0 Å². The number of carbonyl (C=O) groups is 1. The van der Waals surface area contributed by atoms with Gasteiger partial charge in [-0.1, -0.05) is 60.1 Å². The van der Waals surface area contributed by atoms with Gasteiger partial charge in [-0.15, -0.1) is 0 Å². The molecular formula is C24H23BrO4. The van der Waals surface area contributed by atoms with Gasteiger partial charge in [-0.25, -0.2) is 4.79 Å². The van der Waals surface area contributed by atoms with Crippen molar-refractivity contribution in [1.82, 2.24) is 0 Å². The van der Waals surface area contributed by atoms with E-state index < -0.39 is 5.97 Å². The van der Waals surface area contributed by atoms with Crippen molar-refractivity contribution in [2.24, 2.45) is 0 Å². The number of hydrogen-bond acceptors (Lipinski definition) is 4. The van der Waals surface area contributed by atoms with Gasteiger partial charge in [-0.05, 0) is 53.9 Å². The van der Waals surface area contributed by atoms with Crippen LogP contribution in [-0.4, -0.2) is 19.2 Å². The lowest BCUT2D eigenvalue weighted by Crippen LogP contribution is -2.14. The highest BCUT2D eigenvalue weighted by Crippen LogP contribution is 2.31. The third kappa shape index (κ3) is 5.84. The maximum Gasteiger partial charge on any atom is 0.347 e. The first-order valence-corrected chi connectivity index (χ1v) is 10.2. The van der Waals surface area contributed by atoms with E-state index in [4.69, 9.17) is 14.2 Å². The van der Waals surface area contributed by atoms with Crippen LogP contribution >= 0.6 is 15.9 Å². The molecule has 3 aromatic carbocycles. The summed E-state index contributed by atoms with van der Waals surface area (Å²) < 4.78 is 18.1. The number of carbonyl (C=O) groups excluding carboxylic acids is 1. The molecule has 150 valence electrons. The predicted molar refractivity (Wildman–Crippen MR) is 117 cm³/mol. The van der Waals surface area contributed by atoms with Gasteiger partial charge in [0.25, 0.3) is 0 Å². The molecule has 0 saturated heterocycles. The van der Waals surface area contributed by atoms with Crippen LogP contribution in [-0.2, 0) is 0 Å². The molecule has 0 aliphatic carbocycles. The molecule has 0 fully saturated rings. The van der Waals surface area contributed by atoms with E-state index >= 15 is 0 Å². The number of para-hydroxylation sites is 2. The highest BCUT2D eigenvalue weighted by atomic mass is 79.9. The zero-order chi connectivity index (χ0) is 20.6. The smallest absolute Gasteiger partial charge is 0.347 e. The molecule has 4 nitrogen and oxygen atoms in total. The molecule has 0 aliphatic rings. The predicted octanol–water partition coefficient (Wildman–Crippen LogP) is 6.25. The summed E-state index contributed by atoms with van der Waals surface area (Å²) in [6, 6.07) is 22.2. The highest BCUT2D eigenvalue weighted by Gasteiger charge is 2.17. The summed E-state index contributed by atoms with van der Waals surface area (Å²) in [5.41, 5.74) is 1.34. The number of ether oxygens (including phenoxy) is 3. The van der Waals surface area contributed by atoms with E-state index in [-0.39, 0.29) is 5.92 Å². The minimum Gasteiger partial charge on any atom is -0.490 e. The zero-order valence-corrected chi connectivity index (χ0v) is 18.0. The summed E-state index contributed by atoms with van der Waals surface area (Å²) >= 11 is 3.47. The van der Waals surface area contributed by atoms with Crippen molar-refractivity contribution < 1.29 is 19.0 Å². The molecule has 0 unspecified atom stereocenters. The molecule has 5 heteroatoms. The maximum absolute atomic E-state index is 12.8. The van der Waals surface area contributed by atoms with Crippen LogP contribution in [0.4, 0.5) is 0 Å². The molecule has 0 amide bonds. The van der Waals surface area contributed by atoms with Crippen molar-refractivity contribution in [3.8, 4) is 17.2 Å². The molecule has 3 aromatic rings. The Balaban J connectivity index is 1.66. The molecule has 0 atom stereocenters. The Labute approximate surface area is 179 Å². The SMILES string of the molecule is CC(C)c1cc(Br)ccc1OC(=O)c1ccccc1OCCOc1ccccc1. The van der Waals surface area contributed by atoms with Crippen LogP contribution in [0.1, 0.15) is 35.7 Å². The lowest BCUT2D eigenvalue weighted by atomic mass is 10.0. The normalized spacial score (nSPS) is 10.6. The second-order valence-electron chi connectivity index (χ2n) is 6.73. The van der Waals surface area contributed by atoms with Gasteiger partial charge in [-0.2, -0.15) is 0 Å². The van der Waals surface area contributed by atoms with E-state index in [2.05, 4.69) is 29.8 Å². The summed E-state index contributed by atoms with van der Waals surface area (Å²) in [6.07, 6.45) is 0. The first-order valence-electron chi connectivity index (χ1n) is 9.46. The van der Waals surface area contributed by atoms with Crippen LogP contribution in [0.15, 0.2) is 77.3 Å². The molecule has 0 aromatic heterocycles. The van der Waals surface area contributed by atoms with Crippen LogP contribution in [0.3, 0.4) is 0 Å². The lowest BCUT2D eigenvalue weighted by Gasteiger charge is -2.15. The van der Waals surface area contributed by atoms with Crippen LogP contribution in [0.2, 0.25) is 0 Å². The molecule has 0 spiro atoms. The van der Waals surface area contributed by atoms with Gasteiger partial charge in [0.15, 0.2) is 0 Å². The quantitative estimate of drug-likeness (QED) is 0.229. The Kier molecular flexibility index (Phi) is 7.30. The fraction of sp³-hybridized carbons (Fsp3) is 0.208. The molecule has 0 saturated carbocycles. The van der Waals surface area contributed by atoms with E-state index in [1.807, 2.05) is 48.5 Å². The monoisotopic (exact) mass is 454 g/mol. The van der Waals surface area contributed by atoms with Crippen molar-refractivity contribution in [2.75, 3.05) is 13.2 Å². The van der Waals surface area contributed by atoms with Gasteiger partial charge in [0.2, 0.25) is 0 Å². The van der Waals surface area contributed by atoms with E-state index in [0.717, 1.165) is 15.8 Å². The van der Waals surface area contributed by atoms with Crippen molar-refractivity contribution in [1.29, 1.82) is 0 Å². The van der Waals surface area contributed by atoms with Crippen molar-refractivity contribution >= 4 is 21.9 Å². The lowest BCUT2D eigenvalue weighted by molar-refractivity contribution is 0.0727. The topological polar surface area (TPSA) is 44.8 Å². The summed E-state index contributed by atoms with van der Waals surface area (Å²) in [7, 11) is 0. The first kappa shape index (κ1) is 20.9. The van der Waals surface area contributed by atoms with Gasteiger partial charge in [0.1, 0.15) is 36.0 Å². The average Bonchev–Trinajstić information content (AvgIpc) is 2.73. The number of esters is 1. The molecule has 0 aliphatic heterocycles. The Morgan fingerprint density at radius 2 is 1.55 bits per heavy atom. The van der Waals surface area contributed by atoms with E-state index in [1.54, 1.807) is 24.3 Å². The molecule has 0 N–H and O–H groups in total. The summed E-state index contributed by atoms with van der Waals surface area (Å²) in [6.45, 7) is 4.80. The largest absolute Gasteiger partial charge is 0.490 e. The maximum atomic E-state index is 12.8. The van der Waals surface area contributed by atoms with Gasteiger partial charge in [0.05, 0.1) is 0 Å². The van der Waals surface area contributed by atoms with Crippen molar-refractivity contribution in [2.45, 2.75) is 19.8 Å². The Bertz CT molecular complexity index is 954. The van der Waals surface area contributed by atoms with Gasteiger partial charge < -0.3 is 14.2 Å². The summed E-state index contributed by atoms with van der Waals surface area (Å²) in [4.78, 5) is 12.8. The van der Waals surface area contributed by atoms with Crippen LogP contribution in [0.5, 0.6) is 17.2 Å². The van der Waals surface area contributed by atoms with Crippen LogP contribution in [0.25, 0.3) is 0 Å². The number of hydrogen-bond donors (Lipinski definition) is 0. The minimum absolute atomic E-state index is 0.219. The molecular weight excluding hydrogens is 432 g/mol. The number of halogens is 1. The minimum atomic E-state index is -0.450. The Hall–Kier alpha value is -2.79. The first-order chi connectivity index (χ1) is 14.0. The van der Waals surface area contributed by atoms with E-state index in [1.165, 1.54) is 0 Å². The zero-order valence-electron chi connectivity index (χ0n) is 16.4. The van der Waals surface area contributed by atoms with Gasteiger partial charge in [-0.3, -0.25) is 0 Å². The van der Waals surface area contributed by atoms with Gasteiger partial charge >= 0.3 is 5.97 Å². The summed E-state index contributed by atoms with van der Waals surface area (Å²) in [5, 5.41) is 0. The van der Waals surface area contributed by atoms with E-state index in [0.29, 0.717) is 30.3 Å². The molecule has 0 radical (unpaired) electrons. The van der Waals surface area contributed by atoms with Crippen molar-refractivity contribution in [3.63, 3.8) is 0 Å². The third-order valence-electron chi connectivity index (χ3n) is 4.26.